The van der Waals surface area contributed by atoms with Gasteiger partial charge in [-0.25, -0.2) is 9.59 Å². The Morgan fingerprint density at radius 1 is 1.29 bits per heavy atom. The second-order valence-electron chi connectivity index (χ2n) is 7.71. The maximum absolute atomic E-state index is 12.1. The first-order chi connectivity index (χ1) is 14.4. The van der Waals surface area contributed by atoms with Crippen LogP contribution in [-0.4, -0.2) is 83.7 Å². The molecule has 3 N–H and O–H groups in total. The number of aryl methyl sites for hydroxylation is 1. The van der Waals surface area contributed by atoms with Gasteiger partial charge in [0.05, 0.1) is 5.69 Å². The van der Waals surface area contributed by atoms with E-state index < -0.39 is 12.1 Å². The van der Waals surface area contributed by atoms with Gasteiger partial charge in [-0.2, -0.15) is 13.2 Å². The summed E-state index contributed by atoms with van der Waals surface area (Å²) >= 11 is 0. The summed E-state index contributed by atoms with van der Waals surface area (Å²) in [4.78, 5) is 41.6. The summed E-state index contributed by atoms with van der Waals surface area (Å²) in [7, 11) is 1.65. The zero-order valence-electron chi connectivity index (χ0n) is 17.3. The Labute approximate surface area is 177 Å². The number of pyridine rings is 1. The van der Waals surface area contributed by atoms with Crippen molar-refractivity contribution in [3.63, 3.8) is 0 Å². The molecule has 172 valence electrons. The van der Waals surface area contributed by atoms with E-state index in [0.717, 1.165) is 31.0 Å². The van der Waals surface area contributed by atoms with Crippen molar-refractivity contribution in [3.05, 3.63) is 29.6 Å². The van der Waals surface area contributed by atoms with Gasteiger partial charge in [-0.1, -0.05) is 6.07 Å². The van der Waals surface area contributed by atoms with Crippen LogP contribution in [0.1, 0.15) is 17.8 Å². The molecule has 2 saturated heterocycles. The minimum absolute atomic E-state index is 0.0717. The number of alkyl halides is 3. The number of carboxylic acid groups (broad SMARTS) is 1. The van der Waals surface area contributed by atoms with E-state index in [1.54, 1.807) is 7.05 Å². The maximum Gasteiger partial charge on any atom is 0.490 e. The highest BCUT2D eigenvalue weighted by Gasteiger charge is 2.43. The third kappa shape index (κ3) is 7.09. The number of aromatic nitrogens is 1. The lowest BCUT2D eigenvalue weighted by molar-refractivity contribution is -0.192. The number of hydrogen-bond donors (Lipinski definition) is 3. The molecule has 9 nitrogen and oxygen atoms in total. The molecule has 1 unspecified atom stereocenters. The van der Waals surface area contributed by atoms with Gasteiger partial charge in [-0.05, 0) is 19.1 Å². The number of rotatable bonds is 2. The lowest BCUT2D eigenvalue weighted by Crippen LogP contribution is -2.46. The zero-order valence-corrected chi connectivity index (χ0v) is 17.3. The third-order valence-electron chi connectivity index (χ3n) is 5.04. The first-order valence-corrected chi connectivity index (χ1v) is 9.62. The third-order valence-corrected chi connectivity index (χ3v) is 5.04. The van der Waals surface area contributed by atoms with Crippen molar-refractivity contribution in [2.24, 2.45) is 5.41 Å². The minimum Gasteiger partial charge on any atom is -0.475 e. The van der Waals surface area contributed by atoms with Crippen LogP contribution < -0.4 is 10.6 Å². The van der Waals surface area contributed by atoms with Crippen molar-refractivity contribution < 1.29 is 32.7 Å². The summed E-state index contributed by atoms with van der Waals surface area (Å²) in [6.45, 7) is 6.16. The number of halogens is 3. The molecule has 0 aliphatic carbocycles. The van der Waals surface area contributed by atoms with E-state index in [1.807, 2.05) is 30.0 Å². The van der Waals surface area contributed by atoms with Crippen LogP contribution in [0.2, 0.25) is 0 Å². The number of amides is 3. The van der Waals surface area contributed by atoms with Gasteiger partial charge < -0.3 is 20.6 Å². The number of aliphatic carboxylic acids is 1. The van der Waals surface area contributed by atoms with Gasteiger partial charge in [0.2, 0.25) is 5.91 Å². The van der Waals surface area contributed by atoms with E-state index in [-0.39, 0.29) is 17.4 Å². The van der Waals surface area contributed by atoms with E-state index in [4.69, 9.17) is 9.90 Å². The molecule has 1 atom stereocenters. The molecular weight excluding hydrogens is 419 g/mol. The smallest absolute Gasteiger partial charge is 0.475 e. The summed E-state index contributed by atoms with van der Waals surface area (Å²) < 4.78 is 31.7. The molecule has 0 aromatic carbocycles. The predicted molar refractivity (Wildman–Crippen MR) is 104 cm³/mol. The monoisotopic (exact) mass is 445 g/mol. The topological polar surface area (TPSA) is 115 Å². The normalized spacial score (nSPS) is 21.7. The Balaban J connectivity index is 0.000000423. The second-order valence-corrected chi connectivity index (χ2v) is 7.71. The van der Waals surface area contributed by atoms with Crippen molar-refractivity contribution in [1.82, 2.24) is 25.4 Å². The lowest BCUT2D eigenvalue weighted by Gasteiger charge is -2.32. The van der Waals surface area contributed by atoms with E-state index in [1.165, 1.54) is 0 Å². The highest BCUT2D eigenvalue weighted by atomic mass is 19.4. The first-order valence-electron chi connectivity index (χ1n) is 9.62. The van der Waals surface area contributed by atoms with Crippen LogP contribution in [0.4, 0.5) is 18.0 Å². The maximum atomic E-state index is 12.1. The number of carbonyl (C=O) groups is 3. The number of nitrogens with zero attached hydrogens (tertiary/aromatic N) is 3. The number of nitrogens with one attached hydrogen (secondary N) is 2. The van der Waals surface area contributed by atoms with Crippen LogP contribution in [-0.2, 0) is 16.1 Å². The average molecular weight is 445 g/mol. The molecule has 1 aromatic heterocycles. The molecule has 3 amide bonds. The van der Waals surface area contributed by atoms with Gasteiger partial charge in [-0.3, -0.25) is 14.7 Å². The van der Waals surface area contributed by atoms with Crippen LogP contribution in [0.15, 0.2) is 18.2 Å². The Morgan fingerprint density at radius 3 is 2.48 bits per heavy atom. The van der Waals surface area contributed by atoms with Crippen molar-refractivity contribution in [3.8, 4) is 0 Å². The van der Waals surface area contributed by atoms with Crippen molar-refractivity contribution in [1.29, 1.82) is 0 Å². The van der Waals surface area contributed by atoms with Crippen molar-refractivity contribution in [2.75, 3.05) is 39.8 Å². The lowest BCUT2D eigenvalue weighted by atomic mass is 9.86. The van der Waals surface area contributed by atoms with Gasteiger partial charge in [0.25, 0.3) is 0 Å². The number of carboxylic acids is 1. The molecule has 3 heterocycles. The molecule has 1 aromatic rings. The molecule has 2 aliphatic heterocycles. The molecule has 31 heavy (non-hydrogen) atoms. The molecular formula is C19H26F3N5O4. The second kappa shape index (κ2) is 9.94. The Bertz CT molecular complexity index is 820. The first kappa shape index (κ1) is 24.4. The number of carbonyl (C=O) groups excluding carboxylic acids is 2. The fraction of sp³-hybridized carbons (Fsp3) is 0.579. The predicted octanol–water partition coefficient (Wildman–Crippen LogP) is 0.987. The van der Waals surface area contributed by atoms with E-state index >= 15 is 0 Å². The molecule has 0 saturated carbocycles. The molecule has 12 heteroatoms. The van der Waals surface area contributed by atoms with Crippen molar-refractivity contribution >= 4 is 17.9 Å². The molecule has 2 aliphatic rings. The molecule has 0 radical (unpaired) electrons. The zero-order chi connectivity index (χ0) is 23.2. The van der Waals surface area contributed by atoms with Crippen LogP contribution >= 0.6 is 0 Å². The number of urea groups is 1. The van der Waals surface area contributed by atoms with Crippen LogP contribution in [0.25, 0.3) is 0 Å². The highest BCUT2D eigenvalue weighted by Crippen LogP contribution is 2.31. The van der Waals surface area contributed by atoms with Gasteiger partial charge in [0, 0.05) is 63.8 Å². The summed E-state index contributed by atoms with van der Waals surface area (Å²) in [6, 6.07) is 5.95. The summed E-state index contributed by atoms with van der Waals surface area (Å²) in [5, 5.41) is 12.8. The number of hydrogen-bond acceptors (Lipinski definition) is 5. The highest BCUT2D eigenvalue weighted by molar-refractivity contribution is 5.80. The molecule has 1 spiro atoms. The van der Waals surface area contributed by atoms with E-state index in [2.05, 4.69) is 20.5 Å². The SMILES string of the molecule is CNC(=O)N1CCN(Cc2cccc(C)n2)CC2(CNC(=O)C2)C1.O=C(O)C(F)(F)F. The van der Waals surface area contributed by atoms with E-state index in [0.29, 0.717) is 26.1 Å². The largest absolute Gasteiger partial charge is 0.490 e. The summed E-state index contributed by atoms with van der Waals surface area (Å²) in [5.41, 5.74) is 1.81. The van der Waals surface area contributed by atoms with Gasteiger partial charge in [-0.15, -0.1) is 0 Å². The van der Waals surface area contributed by atoms with Gasteiger partial charge in [0.15, 0.2) is 0 Å². The average Bonchev–Trinajstić information content (AvgIpc) is 2.93. The van der Waals surface area contributed by atoms with E-state index in [9.17, 15) is 22.8 Å². The Morgan fingerprint density at radius 2 is 1.97 bits per heavy atom. The quantitative estimate of drug-likeness (QED) is 0.626. The van der Waals surface area contributed by atoms with Crippen LogP contribution in [0.5, 0.6) is 0 Å². The molecule has 2 fully saturated rings. The van der Waals surface area contributed by atoms with Crippen LogP contribution in [0.3, 0.4) is 0 Å². The molecule has 3 rings (SSSR count). The Kier molecular flexibility index (Phi) is 7.82. The fourth-order valence-corrected chi connectivity index (χ4v) is 3.71. The summed E-state index contributed by atoms with van der Waals surface area (Å²) in [6.07, 6.45) is -4.61. The van der Waals surface area contributed by atoms with Crippen LogP contribution in [0, 0.1) is 12.3 Å². The summed E-state index contributed by atoms with van der Waals surface area (Å²) in [5.74, 6) is -2.69. The Hall–Kier alpha value is -2.89. The molecule has 0 bridgehead atoms. The van der Waals surface area contributed by atoms with Gasteiger partial charge in [0.1, 0.15) is 0 Å². The van der Waals surface area contributed by atoms with Gasteiger partial charge >= 0.3 is 18.2 Å². The fourth-order valence-electron chi connectivity index (χ4n) is 3.71. The standard InChI is InChI=1S/C17H25N5O2.C2HF3O2/c1-13-4-3-5-14(20-13)9-21-6-7-22(16(24)18-2)12-17(11-21)8-15(23)19-10-17;3-2(4,5)1(6)7/h3-5H,6-12H2,1-2H3,(H,18,24)(H,19,23);(H,6,7). The minimum atomic E-state index is -5.08. The van der Waals surface area contributed by atoms with Crippen molar-refractivity contribution in [2.45, 2.75) is 26.1 Å².